The van der Waals surface area contributed by atoms with Crippen LogP contribution in [-0.4, -0.2) is 56.0 Å². The Morgan fingerprint density at radius 2 is 1.11 bits per heavy atom. The van der Waals surface area contributed by atoms with E-state index in [1.807, 2.05) is 53.7 Å². The van der Waals surface area contributed by atoms with Crippen LogP contribution in [-0.2, 0) is 50.6 Å². The number of esters is 3. The minimum atomic E-state index is -1.18. The number of benzene rings is 1. The Bertz CT molecular complexity index is 929. The standard InChI is InChI=1S/C30H42O8/c1-10-24(31)36-18-30(19-37-25(32)11-2,20-38-26(33)12-3)17-35-14-13-21-15-22(28(4,5)6)27(34)23(16-21)29(7,8)9/h10-12,15-16,34H,1-3,13-14,17-20H2,4-9H3. The van der Waals surface area contributed by atoms with E-state index in [4.69, 9.17) is 18.9 Å². The van der Waals surface area contributed by atoms with E-state index in [0.29, 0.717) is 12.2 Å². The van der Waals surface area contributed by atoms with E-state index in [-0.39, 0.29) is 43.9 Å². The summed E-state index contributed by atoms with van der Waals surface area (Å²) in [6.07, 6.45) is 3.53. The summed E-state index contributed by atoms with van der Waals surface area (Å²) in [5.41, 5.74) is 0.955. The van der Waals surface area contributed by atoms with Gasteiger partial charge in [-0.1, -0.05) is 73.4 Å². The summed E-state index contributed by atoms with van der Waals surface area (Å²) < 4.78 is 21.6. The fraction of sp³-hybridized carbons (Fsp3) is 0.500. The molecule has 0 spiro atoms. The smallest absolute Gasteiger partial charge is 0.330 e. The lowest BCUT2D eigenvalue weighted by Gasteiger charge is -2.31. The van der Waals surface area contributed by atoms with Gasteiger partial charge >= 0.3 is 17.9 Å². The fourth-order valence-electron chi connectivity index (χ4n) is 3.56. The number of hydrogen-bond donors (Lipinski definition) is 1. The average Bonchev–Trinajstić information content (AvgIpc) is 2.85. The molecule has 38 heavy (non-hydrogen) atoms. The third-order valence-electron chi connectivity index (χ3n) is 5.79. The molecule has 8 heteroatoms. The summed E-state index contributed by atoms with van der Waals surface area (Å²) >= 11 is 0. The number of carbonyl (C=O) groups is 3. The van der Waals surface area contributed by atoms with Crippen molar-refractivity contribution in [3.8, 4) is 5.75 Å². The molecule has 0 saturated carbocycles. The molecule has 0 unspecified atom stereocenters. The van der Waals surface area contributed by atoms with E-state index in [0.717, 1.165) is 34.9 Å². The summed E-state index contributed by atoms with van der Waals surface area (Å²) in [7, 11) is 0. The maximum absolute atomic E-state index is 11.8. The lowest BCUT2D eigenvalue weighted by atomic mass is 9.78. The average molecular weight is 531 g/mol. The highest BCUT2D eigenvalue weighted by atomic mass is 16.6. The SMILES string of the molecule is C=CC(=O)OCC(COCCc1cc(C(C)(C)C)c(O)c(C(C)(C)C)c1)(COC(=O)C=C)COC(=O)C=C. The van der Waals surface area contributed by atoms with E-state index < -0.39 is 23.3 Å². The predicted octanol–water partition coefficient (Wildman–Crippen LogP) is 4.72. The summed E-state index contributed by atoms with van der Waals surface area (Å²) in [4.78, 5) is 35.3. The molecule has 0 atom stereocenters. The van der Waals surface area contributed by atoms with Crippen molar-refractivity contribution in [3.63, 3.8) is 0 Å². The molecule has 0 aliphatic rings. The molecule has 8 nitrogen and oxygen atoms in total. The van der Waals surface area contributed by atoms with Crippen molar-refractivity contribution in [1.29, 1.82) is 0 Å². The van der Waals surface area contributed by atoms with Crippen LogP contribution in [0.25, 0.3) is 0 Å². The van der Waals surface area contributed by atoms with Crippen LogP contribution in [0.1, 0.15) is 58.2 Å². The molecule has 1 aromatic rings. The monoisotopic (exact) mass is 530 g/mol. The van der Waals surface area contributed by atoms with Crippen LogP contribution >= 0.6 is 0 Å². The van der Waals surface area contributed by atoms with E-state index in [9.17, 15) is 19.5 Å². The summed E-state index contributed by atoms with van der Waals surface area (Å²) in [5.74, 6) is -1.76. The van der Waals surface area contributed by atoms with Gasteiger partial charge in [0.2, 0.25) is 0 Å². The van der Waals surface area contributed by atoms with Crippen LogP contribution in [0.2, 0.25) is 0 Å². The van der Waals surface area contributed by atoms with Gasteiger partial charge in [-0.05, 0) is 33.9 Å². The van der Waals surface area contributed by atoms with Gasteiger partial charge in [0, 0.05) is 18.2 Å². The van der Waals surface area contributed by atoms with Gasteiger partial charge in [-0.25, -0.2) is 14.4 Å². The number of ether oxygens (including phenoxy) is 4. The third-order valence-corrected chi connectivity index (χ3v) is 5.79. The Labute approximate surface area is 226 Å². The minimum Gasteiger partial charge on any atom is -0.507 e. The highest BCUT2D eigenvalue weighted by molar-refractivity contribution is 5.82. The van der Waals surface area contributed by atoms with Crippen molar-refractivity contribution < 1.29 is 38.4 Å². The minimum absolute atomic E-state index is 0.0530. The van der Waals surface area contributed by atoms with Gasteiger partial charge in [-0.2, -0.15) is 0 Å². The van der Waals surface area contributed by atoms with Crippen LogP contribution in [0.15, 0.2) is 50.1 Å². The first kappa shape index (κ1) is 32.6. The van der Waals surface area contributed by atoms with E-state index in [1.165, 1.54) is 0 Å². The van der Waals surface area contributed by atoms with Crippen molar-refractivity contribution in [1.82, 2.24) is 0 Å². The summed E-state index contributed by atoms with van der Waals surface area (Å²) in [5, 5.41) is 11.0. The Balaban J connectivity index is 3.17. The van der Waals surface area contributed by atoms with Crippen molar-refractivity contribution in [2.45, 2.75) is 58.8 Å². The van der Waals surface area contributed by atoms with Crippen LogP contribution in [0.5, 0.6) is 5.75 Å². The summed E-state index contributed by atoms with van der Waals surface area (Å²) in [6.45, 7) is 21.8. The second kappa shape index (κ2) is 14.0. The second-order valence-electron chi connectivity index (χ2n) is 11.3. The van der Waals surface area contributed by atoms with Crippen LogP contribution in [0.4, 0.5) is 0 Å². The maximum atomic E-state index is 11.8. The highest BCUT2D eigenvalue weighted by Crippen LogP contribution is 2.39. The fourth-order valence-corrected chi connectivity index (χ4v) is 3.56. The van der Waals surface area contributed by atoms with Gasteiger partial charge < -0.3 is 24.1 Å². The van der Waals surface area contributed by atoms with Crippen molar-refractivity contribution in [2.75, 3.05) is 33.0 Å². The quantitative estimate of drug-likeness (QED) is 0.159. The lowest BCUT2D eigenvalue weighted by Crippen LogP contribution is -2.43. The van der Waals surface area contributed by atoms with Crippen molar-refractivity contribution >= 4 is 17.9 Å². The molecule has 0 heterocycles. The Kier molecular flexibility index (Phi) is 12.0. The maximum Gasteiger partial charge on any atom is 0.330 e. The molecule has 1 rings (SSSR count). The highest BCUT2D eigenvalue weighted by Gasteiger charge is 2.36. The third kappa shape index (κ3) is 10.2. The first-order valence-corrected chi connectivity index (χ1v) is 12.4. The first-order chi connectivity index (χ1) is 17.6. The zero-order chi connectivity index (χ0) is 29.1. The van der Waals surface area contributed by atoms with E-state index in [1.54, 1.807) is 0 Å². The number of phenolic OH excluding ortho intramolecular Hbond substituents is 1. The van der Waals surface area contributed by atoms with Gasteiger partial charge in [0.15, 0.2) is 0 Å². The molecule has 1 aromatic carbocycles. The topological polar surface area (TPSA) is 108 Å². The second-order valence-corrected chi connectivity index (χ2v) is 11.3. The van der Waals surface area contributed by atoms with Crippen molar-refractivity contribution in [2.24, 2.45) is 5.41 Å². The zero-order valence-corrected chi connectivity index (χ0v) is 23.6. The molecular weight excluding hydrogens is 488 g/mol. The van der Waals surface area contributed by atoms with Crippen molar-refractivity contribution in [3.05, 3.63) is 66.8 Å². The normalized spacial score (nSPS) is 11.8. The molecule has 210 valence electrons. The lowest BCUT2D eigenvalue weighted by molar-refractivity contribution is -0.161. The Hall–Kier alpha value is -3.39. The Morgan fingerprint density at radius 1 is 0.737 bits per heavy atom. The van der Waals surface area contributed by atoms with Gasteiger partial charge in [0.1, 0.15) is 25.6 Å². The predicted molar refractivity (Wildman–Crippen MR) is 146 cm³/mol. The number of carbonyl (C=O) groups excluding carboxylic acids is 3. The number of phenols is 1. The summed E-state index contributed by atoms with van der Waals surface area (Å²) in [6, 6.07) is 3.95. The molecular formula is C30H42O8. The van der Waals surface area contributed by atoms with Gasteiger partial charge in [0.05, 0.1) is 18.6 Å². The molecule has 0 radical (unpaired) electrons. The van der Waals surface area contributed by atoms with Gasteiger partial charge in [-0.15, -0.1) is 0 Å². The molecule has 0 aliphatic carbocycles. The van der Waals surface area contributed by atoms with Crippen LogP contribution < -0.4 is 0 Å². The molecule has 0 amide bonds. The van der Waals surface area contributed by atoms with Crippen LogP contribution in [0, 0.1) is 5.41 Å². The zero-order valence-electron chi connectivity index (χ0n) is 23.6. The molecule has 0 fully saturated rings. The Morgan fingerprint density at radius 3 is 1.42 bits per heavy atom. The van der Waals surface area contributed by atoms with E-state index in [2.05, 4.69) is 19.7 Å². The van der Waals surface area contributed by atoms with E-state index >= 15 is 0 Å². The van der Waals surface area contributed by atoms with Gasteiger partial charge in [-0.3, -0.25) is 0 Å². The molecule has 0 saturated heterocycles. The number of aromatic hydroxyl groups is 1. The van der Waals surface area contributed by atoms with Gasteiger partial charge in [0.25, 0.3) is 0 Å². The first-order valence-electron chi connectivity index (χ1n) is 12.4. The number of hydrogen-bond acceptors (Lipinski definition) is 8. The number of rotatable bonds is 14. The van der Waals surface area contributed by atoms with Crippen LogP contribution in [0.3, 0.4) is 0 Å². The molecule has 0 aliphatic heterocycles. The molecule has 1 N–H and O–H groups in total. The molecule has 0 aromatic heterocycles. The molecule has 0 bridgehead atoms. The largest absolute Gasteiger partial charge is 0.507 e.